The van der Waals surface area contributed by atoms with Crippen LogP contribution in [0.4, 0.5) is 23.2 Å². The number of nitrogens with zero attached hydrogens (tertiary/aromatic N) is 1. The fourth-order valence-electron chi connectivity index (χ4n) is 1.87. The smallest absolute Gasteiger partial charge is 0.231 e. The van der Waals surface area contributed by atoms with E-state index in [2.05, 4.69) is 5.10 Å². The van der Waals surface area contributed by atoms with Crippen molar-refractivity contribution in [1.29, 1.82) is 0 Å². The highest BCUT2D eigenvalue weighted by molar-refractivity contribution is 6.31. The molecule has 0 bridgehead atoms. The first kappa shape index (κ1) is 15.4. The van der Waals surface area contributed by atoms with Crippen LogP contribution in [0.15, 0.2) is 23.3 Å². The lowest BCUT2D eigenvalue weighted by Crippen LogP contribution is -2.04. The predicted octanol–water partition coefficient (Wildman–Crippen LogP) is 4.07. The fraction of sp³-hybridized carbons (Fsp3) is 0.0714. The molecule has 0 amide bonds. The van der Waals surface area contributed by atoms with Gasteiger partial charge in [-0.2, -0.15) is 5.10 Å². The summed E-state index contributed by atoms with van der Waals surface area (Å²) >= 11 is 5.12. The second kappa shape index (κ2) is 5.96. The third-order valence-corrected chi connectivity index (χ3v) is 3.33. The molecule has 1 aliphatic rings. The standard InChI is InChI=1S/C14H7ClF4N2O2/c15-9-10(16)12(18)14(13(19)11(9)17)21-20-4-6-1-2-7-8(3-6)23-5-22-7/h1-4,21H,5H2. The molecule has 9 heteroatoms. The number of fused-ring (bicyclic) bond motifs is 1. The maximum atomic E-state index is 13.6. The van der Waals surface area contributed by atoms with Gasteiger partial charge in [0, 0.05) is 0 Å². The molecule has 23 heavy (non-hydrogen) atoms. The lowest BCUT2D eigenvalue weighted by Gasteiger charge is -2.07. The van der Waals surface area contributed by atoms with Crippen molar-refractivity contribution in [1.82, 2.24) is 0 Å². The molecule has 0 aromatic heterocycles. The van der Waals surface area contributed by atoms with Gasteiger partial charge >= 0.3 is 0 Å². The van der Waals surface area contributed by atoms with E-state index in [0.29, 0.717) is 17.1 Å². The Hall–Kier alpha value is -2.48. The van der Waals surface area contributed by atoms with E-state index in [4.69, 9.17) is 21.1 Å². The van der Waals surface area contributed by atoms with E-state index in [-0.39, 0.29) is 6.79 Å². The largest absolute Gasteiger partial charge is 0.454 e. The van der Waals surface area contributed by atoms with Crippen molar-refractivity contribution in [3.05, 3.63) is 52.1 Å². The van der Waals surface area contributed by atoms with Crippen LogP contribution in [0.2, 0.25) is 5.02 Å². The average molecular weight is 347 g/mol. The van der Waals surface area contributed by atoms with Gasteiger partial charge in [-0.05, 0) is 23.8 Å². The normalized spacial score (nSPS) is 12.9. The zero-order chi connectivity index (χ0) is 16.6. The molecule has 0 saturated carbocycles. The third-order valence-electron chi connectivity index (χ3n) is 3.00. The molecule has 0 saturated heterocycles. The Bertz CT molecular complexity index is 785. The molecule has 0 unspecified atom stereocenters. The van der Waals surface area contributed by atoms with Crippen LogP contribution in [-0.2, 0) is 0 Å². The van der Waals surface area contributed by atoms with Crippen molar-refractivity contribution in [3.8, 4) is 11.5 Å². The Morgan fingerprint density at radius 2 is 1.65 bits per heavy atom. The van der Waals surface area contributed by atoms with Crippen LogP contribution in [0.3, 0.4) is 0 Å². The van der Waals surface area contributed by atoms with Gasteiger partial charge in [-0.25, -0.2) is 17.6 Å². The predicted molar refractivity (Wildman–Crippen MR) is 75.1 cm³/mol. The van der Waals surface area contributed by atoms with Gasteiger partial charge in [0.25, 0.3) is 0 Å². The van der Waals surface area contributed by atoms with Crippen LogP contribution in [0, 0.1) is 23.3 Å². The number of hydrazone groups is 1. The highest BCUT2D eigenvalue weighted by atomic mass is 35.5. The SMILES string of the molecule is Fc1c(F)c(NN=Cc2ccc3c(c2)OCO3)c(F)c(F)c1Cl. The minimum Gasteiger partial charge on any atom is -0.454 e. The quantitative estimate of drug-likeness (QED) is 0.299. The Morgan fingerprint density at radius 3 is 2.35 bits per heavy atom. The first-order chi connectivity index (χ1) is 11.0. The van der Waals surface area contributed by atoms with Crippen molar-refractivity contribution < 1.29 is 27.0 Å². The van der Waals surface area contributed by atoms with Gasteiger partial charge in [0.05, 0.1) is 6.21 Å². The molecule has 0 radical (unpaired) electrons. The zero-order valence-electron chi connectivity index (χ0n) is 11.2. The van der Waals surface area contributed by atoms with Crippen molar-refractivity contribution in [2.75, 3.05) is 12.2 Å². The lowest BCUT2D eigenvalue weighted by molar-refractivity contribution is 0.174. The van der Waals surface area contributed by atoms with Crippen molar-refractivity contribution >= 4 is 23.5 Å². The molecule has 4 nitrogen and oxygen atoms in total. The van der Waals surface area contributed by atoms with E-state index in [1.807, 2.05) is 5.43 Å². The van der Waals surface area contributed by atoms with Gasteiger partial charge in [0.2, 0.25) is 6.79 Å². The van der Waals surface area contributed by atoms with E-state index in [1.54, 1.807) is 18.2 Å². The zero-order valence-corrected chi connectivity index (χ0v) is 11.9. The number of hydrogen-bond acceptors (Lipinski definition) is 4. The lowest BCUT2D eigenvalue weighted by atomic mass is 10.2. The Kier molecular flexibility index (Phi) is 3.99. The van der Waals surface area contributed by atoms with Crippen LogP contribution in [0.25, 0.3) is 0 Å². The molecule has 1 heterocycles. The highest BCUT2D eigenvalue weighted by Crippen LogP contribution is 2.32. The van der Waals surface area contributed by atoms with Crippen LogP contribution in [0.1, 0.15) is 5.56 Å². The third kappa shape index (κ3) is 2.77. The second-order valence-electron chi connectivity index (χ2n) is 4.43. The number of hydrogen-bond donors (Lipinski definition) is 1. The minimum absolute atomic E-state index is 0.0912. The molecule has 1 N–H and O–H groups in total. The van der Waals surface area contributed by atoms with E-state index < -0.39 is 34.0 Å². The summed E-state index contributed by atoms with van der Waals surface area (Å²) in [7, 11) is 0. The summed E-state index contributed by atoms with van der Waals surface area (Å²) in [6, 6.07) is 4.80. The van der Waals surface area contributed by atoms with Gasteiger partial charge in [-0.1, -0.05) is 11.6 Å². The summed E-state index contributed by atoms with van der Waals surface area (Å²) in [6.07, 6.45) is 1.19. The van der Waals surface area contributed by atoms with Crippen LogP contribution in [-0.4, -0.2) is 13.0 Å². The molecule has 0 fully saturated rings. The van der Waals surface area contributed by atoms with Gasteiger partial charge in [-0.3, -0.25) is 5.43 Å². The number of anilines is 1. The fourth-order valence-corrected chi connectivity index (χ4v) is 2.03. The number of nitrogens with one attached hydrogen (secondary N) is 1. The van der Waals surface area contributed by atoms with Crippen molar-refractivity contribution in [2.45, 2.75) is 0 Å². The Labute approximate surface area is 132 Å². The summed E-state index contributed by atoms with van der Waals surface area (Å²) < 4.78 is 64.0. The second-order valence-corrected chi connectivity index (χ2v) is 4.81. The molecule has 2 aromatic rings. The molecule has 2 aromatic carbocycles. The maximum absolute atomic E-state index is 13.6. The van der Waals surface area contributed by atoms with E-state index in [1.165, 1.54) is 6.21 Å². The first-order valence-corrected chi connectivity index (χ1v) is 6.57. The number of benzene rings is 2. The number of halogens is 5. The topological polar surface area (TPSA) is 42.9 Å². The molecule has 120 valence electrons. The van der Waals surface area contributed by atoms with Gasteiger partial charge < -0.3 is 9.47 Å². The highest BCUT2D eigenvalue weighted by Gasteiger charge is 2.24. The Balaban J connectivity index is 1.83. The maximum Gasteiger partial charge on any atom is 0.231 e. The number of rotatable bonds is 3. The summed E-state index contributed by atoms with van der Waals surface area (Å²) in [4.78, 5) is 0. The first-order valence-electron chi connectivity index (χ1n) is 6.19. The number of ether oxygens (including phenoxy) is 2. The van der Waals surface area contributed by atoms with Crippen molar-refractivity contribution in [3.63, 3.8) is 0 Å². The van der Waals surface area contributed by atoms with Gasteiger partial charge in [0.1, 0.15) is 10.7 Å². The molecule has 1 aliphatic heterocycles. The minimum atomic E-state index is -1.70. The molecule has 0 aliphatic carbocycles. The molecule has 0 spiro atoms. The summed E-state index contributed by atoms with van der Waals surface area (Å²) in [6.45, 7) is 0.0912. The Morgan fingerprint density at radius 1 is 1.00 bits per heavy atom. The molecular weight excluding hydrogens is 340 g/mol. The summed E-state index contributed by atoms with van der Waals surface area (Å²) in [5, 5.41) is 2.28. The van der Waals surface area contributed by atoms with Crippen LogP contribution in [0.5, 0.6) is 11.5 Å². The molecule has 0 atom stereocenters. The molecular formula is C14H7ClF4N2O2. The van der Waals surface area contributed by atoms with Crippen molar-refractivity contribution in [2.24, 2.45) is 5.10 Å². The van der Waals surface area contributed by atoms with E-state index >= 15 is 0 Å². The van der Waals surface area contributed by atoms with E-state index in [0.717, 1.165) is 0 Å². The van der Waals surface area contributed by atoms with Gasteiger partial charge in [-0.15, -0.1) is 0 Å². The van der Waals surface area contributed by atoms with Crippen LogP contribution < -0.4 is 14.9 Å². The average Bonchev–Trinajstić information content (AvgIpc) is 3.02. The van der Waals surface area contributed by atoms with Gasteiger partial charge in [0.15, 0.2) is 34.8 Å². The summed E-state index contributed by atoms with van der Waals surface area (Å²) in [5.74, 6) is -5.71. The monoisotopic (exact) mass is 346 g/mol. The van der Waals surface area contributed by atoms with E-state index in [9.17, 15) is 17.6 Å². The molecule has 3 rings (SSSR count). The van der Waals surface area contributed by atoms with Crippen LogP contribution >= 0.6 is 11.6 Å². The summed E-state index contributed by atoms with van der Waals surface area (Å²) in [5.41, 5.74) is 1.34.